The van der Waals surface area contributed by atoms with Gasteiger partial charge in [0.25, 0.3) is 0 Å². The summed E-state index contributed by atoms with van der Waals surface area (Å²) in [5, 5.41) is 19.7. The summed E-state index contributed by atoms with van der Waals surface area (Å²) < 4.78 is 69.4. The summed E-state index contributed by atoms with van der Waals surface area (Å²) in [6.07, 6.45) is -1.65. The number of tetrazole rings is 1. The maximum absolute atomic E-state index is 14.2. The van der Waals surface area contributed by atoms with E-state index in [9.17, 15) is 27.1 Å². The van der Waals surface area contributed by atoms with Crippen LogP contribution in [0.1, 0.15) is 11.3 Å². The van der Waals surface area contributed by atoms with Crippen molar-refractivity contribution in [2.45, 2.75) is 24.7 Å². The molecule has 0 spiro atoms. The van der Waals surface area contributed by atoms with Crippen LogP contribution in [-0.4, -0.2) is 55.8 Å². The van der Waals surface area contributed by atoms with Gasteiger partial charge in [-0.2, -0.15) is 22.0 Å². The molecule has 142 valence electrons. The van der Waals surface area contributed by atoms with Crippen LogP contribution in [0.2, 0.25) is 0 Å². The molecule has 26 heavy (non-hydrogen) atoms. The number of pyridine rings is 1. The maximum atomic E-state index is 14.2. The Kier molecular flexibility index (Phi) is 6.32. The summed E-state index contributed by atoms with van der Waals surface area (Å²) in [5.41, 5.74) is -0.279. The third-order valence-electron chi connectivity index (χ3n) is 3.09. The number of alkyl halides is 5. The fourth-order valence-electron chi connectivity index (χ4n) is 1.85. The average molecular weight is 379 g/mol. The van der Waals surface area contributed by atoms with Gasteiger partial charge in [-0.05, 0) is 22.1 Å². The van der Waals surface area contributed by atoms with E-state index in [1.165, 1.54) is 18.2 Å². The molecule has 2 rings (SSSR count). The number of rotatable bonds is 8. The van der Waals surface area contributed by atoms with Crippen molar-refractivity contribution in [3.05, 3.63) is 42.0 Å². The van der Waals surface area contributed by atoms with E-state index >= 15 is 0 Å². The summed E-state index contributed by atoms with van der Waals surface area (Å²) in [7, 11) is 0. The monoisotopic (exact) mass is 379 g/mol. The highest BCUT2D eigenvalue weighted by molar-refractivity contribution is 5.48. The zero-order chi connectivity index (χ0) is 19.2. The quantitative estimate of drug-likeness (QED) is 0.556. The summed E-state index contributed by atoms with van der Waals surface area (Å²) in [6, 6.07) is 2.30. The molecule has 2 aromatic heterocycles. The lowest BCUT2D eigenvalue weighted by Gasteiger charge is -2.21. The normalized spacial score (nSPS) is 14.1. The van der Waals surface area contributed by atoms with E-state index in [0.29, 0.717) is 5.56 Å². The number of aliphatic hydroxyl groups is 1. The van der Waals surface area contributed by atoms with Crippen LogP contribution >= 0.6 is 0 Å². The third-order valence-corrected chi connectivity index (χ3v) is 3.09. The fourth-order valence-corrected chi connectivity index (χ4v) is 1.85. The highest BCUT2D eigenvalue weighted by atomic mass is 19.4. The Balaban J connectivity index is 1.92. The lowest BCUT2D eigenvalue weighted by atomic mass is 10.1. The van der Waals surface area contributed by atoms with Gasteiger partial charge in [-0.15, -0.1) is 5.10 Å². The van der Waals surface area contributed by atoms with E-state index in [-0.39, 0.29) is 6.61 Å². The Morgan fingerprint density at radius 3 is 2.58 bits per heavy atom. The Morgan fingerprint density at radius 1 is 1.23 bits per heavy atom. The van der Waals surface area contributed by atoms with E-state index in [0.717, 1.165) is 23.3 Å². The highest BCUT2D eigenvalue weighted by Crippen LogP contribution is 2.31. The van der Waals surface area contributed by atoms with Crippen molar-refractivity contribution in [2.24, 2.45) is 0 Å². The van der Waals surface area contributed by atoms with Crippen molar-refractivity contribution in [1.82, 2.24) is 25.2 Å². The molecule has 7 nitrogen and oxygen atoms in total. The van der Waals surface area contributed by atoms with Gasteiger partial charge in [0, 0.05) is 6.20 Å². The third kappa shape index (κ3) is 5.81. The molecule has 0 aliphatic carbocycles. The van der Waals surface area contributed by atoms with Crippen LogP contribution in [0.25, 0.3) is 6.08 Å². The van der Waals surface area contributed by atoms with Crippen LogP contribution in [0, 0.1) is 0 Å². The van der Waals surface area contributed by atoms with Gasteiger partial charge in [0.15, 0.2) is 0 Å². The zero-order valence-electron chi connectivity index (χ0n) is 13.1. The minimum Gasteiger partial charge on any atom is -0.384 e. The second-order valence-corrected chi connectivity index (χ2v) is 5.18. The van der Waals surface area contributed by atoms with Gasteiger partial charge < -0.3 is 9.84 Å². The number of hydrogen-bond donors (Lipinski definition) is 1. The molecule has 2 aromatic rings. The van der Waals surface area contributed by atoms with Crippen LogP contribution in [-0.2, 0) is 17.2 Å². The van der Waals surface area contributed by atoms with Gasteiger partial charge in [0.2, 0.25) is 0 Å². The largest absolute Gasteiger partial charge is 0.411 e. The summed E-state index contributed by atoms with van der Waals surface area (Å²) in [6.45, 7) is -2.19. The number of aromatic nitrogens is 5. The molecule has 0 saturated carbocycles. The van der Waals surface area contributed by atoms with Crippen molar-refractivity contribution in [2.75, 3.05) is 13.2 Å². The molecule has 0 radical (unpaired) electrons. The standard InChI is InChI=1S/C14H14F5N5O2/c15-13(16,17)8-26-5-1-2-10-3-4-11(20-6-10)14(18,19)12(25)7-24-9-21-22-23-24/h1-4,6,9,12,25H,5,7-8H2. The summed E-state index contributed by atoms with van der Waals surface area (Å²) >= 11 is 0. The summed E-state index contributed by atoms with van der Waals surface area (Å²) in [4.78, 5) is 3.60. The Hall–Kier alpha value is -2.47. The van der Waals surface area contributed by atoms with Crippen molar-refractivity contribution in [1.29, 1.82) is 0 Å². The molecular weight excluding hydrogens is 365 g/mol. The van der Waals surface area contributed by atoms with E-state index in [2.05, 4.69) is 25.2 Å². The maximum Gasteiger partial charge on any atom is 0.411 e. The smallest absolute Gasteiger partial charge is 0.384 e. The minimum atomic E-state index is -4.41. The molecule has 0 saturated heterocycles. The van der Waals surface area contributed by atoms with Crippen molar-refractivity contribution >= 4 is 6.08 Å². The Morgan fingerprint density at radius 2 is 2.00 bits per heavy atom. The second-order valence-electron chi connectivity index (χ2n) is 5.18. The van der Waals surface area contributed by atoms with Gasteiger partial charge in [0.05, 0.1) is 13.2 Å². The highest BCUT2D eigenvalue weighted by Gasteiger charge is 2.42. The first-order chi connectivity index (χ1) is 12.2. The Labute approximate surface area is 144 Å². The van der Waals surface area contributed by atoms with E-state index in [1.807, 2.05) is 0 Å². The second kappa shape index (κ2) is 8.27. The van der Waals surface area contributed by atoms with Gasteiger partial charge in [-0.25, -0.2) is 4.68 Å². The lowest BCUT2D eigenvalue weighted by molar-refractivity contribution is -0.171. The number of hydrogen-bond acceptors (Lipinski definition) is 6. The first-order valence-corrected chi connectivity index (χ1v) is 7.22. The van der Waals surface area contributed by atoms with Crippen molar-refractivity contribution in [3.8, 4) is 0 Å². The number of halogens is 5. The topological polar surface area (TPSA) is 86.0 Å². The molecule has 0 amide bonds. The SMILES string of the molecule is OC(Cn1cnnn1)C(F)(F)c1ccc(C=CCOCC(F)(F)F)cn1. The Bertz CT molecular complexity index is 704. The molecular formula is C14H14F5N5O2. The van der Waals surface area contributed by atoms with E-state index in [1.54, 1.807) is 0 Å². The molecule has 0 bridgehead atoms. The van der Waals surface area contributed by atoms with Crippen LogP contribution < -0.4 is 0 Å². The fraction of sp³-hybridized carbons (Fsp3) is 0.429. The molecule has 12 heteroatoms. The van der Waals surface area contributed by atoms with Gasteiger partial charge >= 0.3 is 12.1 Å². The number of nitrogens with zero attached hydrogens (tertiary/aromatic N) is 5. The van der Waals surface area contributed by atoms with Crippen molar-refractivity contribution in [3.63, 3.8) is 0 Å². The first-order valence-electron chi connectivity index (χ1n) is 7.22. The molecule has 0 fully saturated rings. The minimum absolute atomic E-state index is 0.290. The van der Waals surface area contributed by atoms with E-state index in [4.69, 9.17) is 0 Å². The van der Waals surface area contributed by atoms with Crippen LogP contribution in [0.4, 0.5) is 22.0 Å². The van der Waals surface area contributed by atoms with Gasteiger partial charge in [0.1, 0.15) is 24.7 Å². The predicted octanol–water partition coefficient (Wildman–Crippen LogP) is 1.81. The first kappa shape index (κ1) is 19.8. The molecule has 0 aliphatic rings. The molecule has 1 unspecified atom stereocenters. The van der Waals surface area contributed by atoms with Crippen LogP contribution in [0.3, 0.4) is 0 Å². The summed E-state index contributed by atoms with van der Waals surface area (Å²) in [5.74, 6) is -3.65. The van der Waals surface area contributed by atoms with Crippen LogP contribution in [0.15, 0.2) is 30.7 Å². The molecule has 2 heterocycles. The number of aliphatic hydroxyl groups excluding tert-OH is 1. The molecule has 0 aliphatic heterocycles. The lowest BCUT2D eigenvalue weighted by Crippen LogP contribution is -2.35. The molecule has 1 atom stereocenters. The van der Waals surface area contributed by atoms with Gasteiger partial charge in [-0.3, -0.25) is 4.98 Å². The van der Waals surface area contributed by atoms with E-state index < -0.39 is 37.0 Å². The number of ether oxygens (including phenoxy) is 1. The zero-order valence-corrected chi connectivity index (χ0v) is 13.1. The molecule has 0 aromatic carbocycles. The van der Waals surface area contributed by atoms with Gasteiger partial charge in [-0.1, -0.05) is 18.2 Å². The predicted molar refractivity (Wildman–Crippen MR) is 77.9 cm³/mol. The van der Waals surface area contributed by atoms with Crippen LogP contribution in [0.5, 0.6) is 0 Å². The molecule has 1 N–H and O–H groups in total. The van der Waals surface area contributed by atoms with Crippen molar-refractivity contribution < 1.29 is 31.8 Å². The average Bonchev–Trinajstić information content (AvgIpc) is 3.07.